The third-order valence-electron chi connectivity index (χ3n) is 4.81. The molecule has 1 aliphatic carbocycles. The smallest absolute Gasteiger partial charge is 0.0897 e. The molecule has 0 bridgehead atoms. The second-order valence-corrected chi connectivity index (χ2v) is 7.13. The van der Waals surface area contributed by atoms with Crippen molar-refractivity contribution in [1.82, 2.24) is 5.32 Å². The summed E-state index contributed by atoms with van der Waals surface area (Å²) in [4.78, 5) is 0. The Labute approximate surface area is 125 Å². The van der Waals surface area contributed by atoms with Gasteiger partial charge >= 0.3 is 0 Å². The summed E-state index contributed by atoms with van der Waals surface area (Å²) in [5, 5.41) is 13.4. The van der Waals surface area contributed by atoms with Gasteiger partial charge in [-0.1, -0.05) is 47.0 Å². The van der Waals surface area contributed by atoms with E-state index >= 15 is 0 Å². The van der Waals surface area contributed by atoms with Crippen LogP contribution in [-0.4, -0.2) is 37.0 Å². The van der Waals surface area contributed by atoms with Crippen molar-refractivity contribution in [2.24, 2.45) is 11.3 Å². The van der Waals surface area contributed by atoms with E-state index in [1.165, 1.54) is 32.1 Å². The molecule has 2 N–H and O–H groups in total. The Morgan fingerprint density at radius 1 is 1.25 bits per heavy atom. The number of aliphatic hydroxyl groups excluding tert-OH is 1. The minimum Gasteiger partial charge on any atom is -0.389 e. The lowest BCUT2D eigenvalue weighted by Crippen LogP contribution is -2.38. The Kier molecular flexibility index (Phi) is 8.08. The average Bonchev–Trinajstić information content (AvgIpc) is 2.45. The third-order valence-corrected chi connectivity index (χ3v) is 4.81. The van der Waals surface area contributed by atoms with Gasteiger partial charge in [0, 0.05) is 13.1 Å². The molecule has 0 heterocycles. The Morgan fingerprint density at radius 3 is 2.60 bits per heavy atom. The first-order valence-electron chi connectivity index (χ1n) is 8.49. The lowest BCUT2D eigenvalue weighted by Gasteiger charge is -2.31. The van der Waals surface area contributed by atoms with E-state index in [0.29, 0.717) is 30.6 Å². The van der Waals surface area contributed by atoms with Crippen molar-refractivity contribution in [3.63, 3.8) is 0 Å². The van der Waals surface area contributed by atoms with E-state index < -0.39 is 0 Å². The number of rotatable bonds is 9. The molecule has 1 saturated carbocycles. The zero-order valence-electron chi connectivity index (χ0n) is 14.0. The maximum Gasteiger partial charge on any atom is 0.0897 e. The molecule has 0 saturated heterocycles. The van der Waals surface area contributed by atoms with Crippen LogP contribution in [0, 0.1) is 11.3 Å². The molecule has 0 amide bonds. The molecule has 0 aliphatic heterocycles. The molecule has 1 aliphatic rings. The largest absolute Gasteiger partial charge is 0.389 e. The molecule has 0 radical (unpaired) electrons. The van der Waals surface area contributed by atoms with Gasteiger partial charge in [-0.05, 0) is 30.6 Å². The predicted octanol–water partition coefficient (Wildman–Crippen LogP) is 3.36. The lowest BCUT2D eigenvalue weighted by molar-refractivity contribution is -0.0501. The van der Waals surface area contributed by atoms with Gasteiger partial charge in [-0.2, -0.15) is 0 Å². The molecule has 3 atom stereocenters. The first-order valence-corrected chi connectivity index (χ1v) is 8.49. The molecule has 1 rings (SSSR count). The van der Waals surface area contributed by atoms with Gasteiger partial charge in [0.1, 0.15) is 0 Å². The molecular weight excluding hydrogens is 250 g/mol. The van der Waals surface area contributed by atoms with Gasteiger partial charge in [0.2, 0.25) is 0 Å². The van der Waals surface area contributed by atoms with Gasteiger partial charge in [0.25, 0.3) is 0 Å². The van der Waals surface area contributed by atoms with Crippen LogP contribution < -0.4 is 5.32 Å². The SMILES string of the molecule is CCC1CCCCC1OCC(O)CNCC(C)(C)CC. The van der Waals surface area contributed by atoms with Gasteiger partial charge in [0.05, 0.1) is 18.8 Å². The minimum atomic E-state index is -0.387. The maximum atomic E-state index is 10.0. The van der Waals surface area contributed by atoms with Gasteiger partial charge in [-0.25, -0.2) is 0 Å². The van der Waals surface area contributed by atoms with Gasteiger partial charge < -0.3 is 15.2 Å². The quantitative estimate of drug-likeness (QED) is 0.682. The molecule has 1 fully saturated rings. The summed E-state index contributed by atoms with van der Waals surface area (Å²) in [6.07, 6.45) is 7.41. The molecular formula is C17H35NO2. The van der Waals surface area contributed by atoms with Crippen LogP contribution in [0.5, 0.6) is 0 Å². The van der Waals surface area contributed by atoms with Crippen molar-refractivity contribution in [3.8, 4) is 0 Å². The maximum absolute atomic E-state index is 10.0. The molecule has 0 aromatic carbocycles. The van der Waals surface area contributed by atoms with E-state index in [-0.39, 0.29) is 6.10 Å². The van der Waals surface area contributed by atoms with Crippen LogP contribution in [0.4, 0.5) is 0 Å². The fourth-order valence-electron chi connectivity index (χ4n) is 2.86. The number of hydrogen-bond acceptors (Lipinski definition) is 3. The zero-order chi connectivity index (χ0) is 15.0. The Hall–Kier alpha value is -0.120. The summed E-state index contributed by atoms with van der Waals surface area (Å²) in [5.74, 6) is 0.697. The number of hydrogen-bond donors (Lipinski definition) is 2. The highest BCUT2D eigenvalue weighted by atomic mass is 16.5. The highest BCUT2D eigenvalue weighted by molar-refractivity contribution is 4.76. The van der Waals surface area contributed by atoms with Crippen molar-refractivity contribution >= 4 is 0 Å². The van der Waals surface area contributed by atoms with Crippen LogP contribution in [0.25, 0.3) is 0 Å². The van der Waals surface area contributed by atoms with Crippen molar-refractivity contribution in [1.29, 1.82) is 0 Å². The summed E-state index contributed by atoms with van der Waals surface area (Å²) in [7, 11) is 0. The van der Waals surface area contributed by atoms with Crippen molar-refractivity contribution in [2.75, 3.05) is 19.7 Å². The van der Waals surface area contributed by atoms with Crippen LogP contribution in [0.1, 0.15) is 66.2 Å². The van der Waals surface area contributed by atoms with Crippen molar-refractivity contribution in [3.05, 3.63) is 0 Å². The number of nitrogens with one attached hydrogen (secondary N) is 1. The van der Waals surface area contributed by atoms with Crippen LogP contribution in [-0.2, 0) is 4.74 Å². The van der Waals surface area contributed by atoms with E-state index in [1.807, 2.05) is 0 Å². The molecule has 3 nitrogen and oxygen atoms in total. The second kappa shape index (κ2) is 9.01. The topological polar surface area (TPSA) is 41.5 Å². The van der Waals surface area contributed by atoms with Crippen molar-refractivity contribution in [2.45, 2.75) is 78.4 Å². The van der Waals surface area contributed by atoms with Gasteiger partial charge in [-0.15, -0.1) is 0 Å². The highest BCUT2D eigenvalue weighted by Gasteiger charge is 2.25. The van der Waals surface area contributed by atoms with Crippen LogP contribution in [0.3, 0.4) is 0 Å². The van der Waals surface area contributed by atoms with Gasteiger partial charge in [0.15, 0.2) is 0 Å². The molecule has 20 heavy (non-hydrogen) atoms. The van der Waals surface area contributed by atoms with Crippen LogP contribution in [0.15, 0.2) is 0 Å². The molecule has 0 spiro atoms. The third kappa shape index (κ3) is 6.55. The average molecular weight is 285 g/mol. The Bertz CT molecular complexity index is 255. The normalized spacial score (nSPS) is 25.6. The lowest BCUT2D eigenvalue weighted by atomic mass is 9.85. The molecule has 3 heteroatoms. The minimum absolute atomic E-state index is 0.303. The van der Waals surface area contributed by atoms with E-state index in [0.717, 1.165) is 13.0 Å². The molecule has 0 aromatic heterocycles. The van der Waals surface area contributed by atoms with E-state index in [4.69, 9.17) is 4.74 Å². The van der Waals surface area contributed by atoms with Crippen LogP contribution >= 0.6 is 0 Å². The van der Waals surface area contributed by atoms with E-state index in [2.05, 4.69) is 33.0 Å². The molecule has 120 valence electrons. The first kappa shape index (κ1) is 17.9. The Morgan fingerprint density at radius 2 is 1.95 bits per heavy atom. The summed E-state index contributed by atoms with van der Waals surface area (Å²) in [5.41, 5.74) is 0.303. The zero-order valence-corrected chi connectivity index (χ0v) is 14.0. The van der Waals surface area contributed by atoms with Gasteiger partial charge in [-0.3, -0.25) is 0 Å². The molecule has 3 unspecified atom stereocenters. The summed E-state index contributed by atoms with van der Waals surface area (Å²) in [6.45, 7) is 11.0. The summed E-state index contributed by atoms with van der Waals surface area (Å²) < 4.78 is 5.97. The summed E-state index contributed by atoms with van der Waals surface area (Å²) in [6, 6.07) is 0. The van der Waals surface area contributed by atoms with Crippen molar-refractivity contribution < 1.29 is 9.84 Å². The molecule has 0 aromatic rings. The fraction of sp³-hybridized carbons (Fsp3) is 1.00. The monoisotopic (exact) mass is 285 g/mol. The fourth-order valence-corrected chi connectivity index (χ4v) is 2.86. The standard InChI is InChI=1S/C17H35NO2/c1-5-14-9-7-8-10-16(14)20-12-15(19)11-18-13-17(3,4)6-2/h14-16,18-19H,5-13H2,1-4H3. The predicted molar refractivity (Wildman–Crippen MR) is 84.9 cm³/mol. The number of aliphatic hydroxyl groups is 1. The Balaban J connectivity index is 2.17. The second-order valence-electron chi connectivity index (χ2n) is 7.13. The first-order chi connectivity index (χ1) is 9.48. The number of ether oxygens (including phenoxy) is 1. The highest BCUT2D eigenvalue weighted by Crippen LogP contribution is 2.29. The van der Waals surface area contributed by atoms with Crippen LogP contribution in [0.2, 0.25) is 0 Å². The van der Waals surface area contributed by atoms with E-state index in [1.54, 1.807) is 0 Å². The van der Waals surface area contributed by atoms with E-state index in [9.17, 15) is 5.11 Å². The summed E-state index contributed by atoms with van der Waals surface area (Å²) >= 11 is 0.